The minimum Gasteiger partial charge on any atom is -0.494 e. The molecule has 1 saturated heterocycles. The second-order valence-corrected chi connectivity index (χ2v) is 6.66. The molecule has 2 rings (SSSR count). The molecule has 1 unspecified atom stereocenters. The molecule has 1 fully saturated rings. The number of benzene rings is 1. The maximum atomic E-state index is 5.76. The van der Waals surface area contributed by atoms with E-state index in [0.29, 0.717) is 12.6 Å². The first-order valence-corrected chi connectivity index (χ1v) is 9.72. The summed E-state index contributed by atoms with van der Waals surface area (Å²) in [6.07, 6.45) is 0.928. The summed E-state index contributed by atoms with van der Waals surface area (Å²) in [7, 11) is 0. The van der Waals surface area contributed by atoms with Crippen LogP contribution >= 0.6 is 0 Å². The second kappa shape index (κ2) is 11.8. The molecule has 26 heavy (non-hydrogen) atoms. The van der Waals surface area contributed by atoms with E-state index >= 15 is 0 Å². The van der Waals surface area contributed by atoms with Crippen LogP contribution in [0.5, 0.6) is 5.75 Å². The standard InChI is InChI=1S/C20H34N4O2/c1-4-21-20(23-16-18(3)24-11-14-25-15-12-24)22-10-5-13-26-19-8-6-17(2)7-9-19/h6-9,18H,4-5,10-16H2,1-3H3,(H2,21,22,23). The molecule has 0 aliphatic carbocycles. The van der Waals surface area contributed by atoms with Gasteiger partial charge >= 0.3 is 0 Å². The van der Waals surface area contributed by atoms with E-state index in [-0.39, 0.29) is 0 Å². The molecule has 0 bridgehead atoms. The molecule has 1 aliphatic heterocycles. The number of morpholine rings is 1. The number of aliphatic imine (C=N–C) groups is 1. The van der Waals surface area contributed by atoms with Crippen molar-refractivity contribution >= 4 is 5.96 Å². The summed E-state index contributed by atoms with van der Waals surface area (Å²) in [4.78, 5) is 7.16. The molecule has 1 aromatic rings. The Labute approximate surface area is 158 Å². The summed E-state index contributed by atoms with van der Waals surface area (Å²) in [5.74, 6) is 1.80. The molecule has 2 N–H and O–H groups in total. The first-order chi connectivity index (χ1) is 12.7. The Bertz CT molecular complexity index is 527. The third-order valence-electron chi connectivity index (χ3n) is 4.43. The number of hydrogen-bond donors (Lipinski definition) is 2. The van der Waals surface area contributed by atoms with E-state index in [2.05, 4.69) is 48.4 Å². The molecular formula is C20H34N4O2. The molecule has 1 atom stereocenters. The monoisotopic (exact) mass is 362 g/mol. The Morgan fingerprint density at radius 3 is 2.65 bits per heavy atom. The van der Waals surface area contributed by atoms with E-state index in [1.54, 1.807) is 0 Å². The van der Waals surface area contributed by atoms with E-state index < -0.39 is 0 Å². The quantitative estimate of drug-likeness (QED) is 0.400. The van der Waals surface area contributed by atoms with Gasteiger partial charge in [-0.05, 0) is 39.3 Å². The van der Waals surface area contributed by atoms with Crippen molar-refractivity contribution in [1.82, 2.24) is 15.5 Å². The fraction of sp³-hybridized carbons (Fsp3) is 0.650. The Kier molecular flexibility index (Phi) is 9.28. The predicted octanol–water partition coefficient (Wildman–Crippen LogP) is 2.04. The largest absolute Gasteiger partial charge is 0.494 e. The van der Waals surface area contributed by atoms with Crippen molar-refractivity contribution in [1.29, 1.82) is 0 Å². The molecule has 1 aliphatic rings. The van der Waals surface area contributed by atoms with Crippen LogP contribution in [0.15, 0.2) is 29.3 Å². The van der Waals surface area contributed by atoms with Gasteiger partial charge in [-0.1, -0.05) is 17.7 Å². The highest BCUT2D eigenvalue weighted by Gasteiger charge is 2.16. The van der Waals surface area contributed by atoms with Crippen molar-refractivity contribution in [2.24, 2.45) is 4.99 Å². The predicted molar refractivity (Wildman–Crippen MR) is 107 cm³/mol. The Morgan fingerprint density at radius 2 is 1.96 bits per heavy atom. The average Bonchev–Trinajstić information content (AvgIpc) is 2.67. The van der Waals surface area contributed by atoms with Gasteiger partial charge < -0.3 is 20.1 Å². The van der Waals surface area contributed by atoms with Crippen LogP contribution in [-0.2, 0) is 4.74 Å². The highest BCUT2D eigenvalue weighted by molar-refractivity contribution is 5.79. The van der Waals surface area contributed by atoms with E-state index in [1.165, 1.54) is 5.56 Å². The molecule has 0 radical (unpaired) electrons. The van der Waals surface area contributed by atoms with Gasteiger partial charge in [0.2, 0.25) is 0 Å². The van der Waals surface area contributed by atoms with Gasteiger partial charge in [0.05, 0.1) is 26.4 Å². The van der Waals surface area contributed by atoms with Gasteiger partial charge in [-0.3, -0.25) is 9.89 Å². The number of aryl methyl sites for hydroxylation is 1. The number of guanidine groups is 1. The SMILES string of the molecule is CCNC(=NCC(C)N1CCOCC1)NCCCOc1ccc(C)cc1. The topological polar surface area (TPSA) is 58.1 Å². The zero-order valence-corrected chi connectivity index (χ0v) is 16.5. The zero-order chi connectivity index (χ0) is 18.6. The normalized spacial score (nSPS) is 17.0. The summed E-state index contributed by atoms with van der Waals surface area (Å²) in [5, 5.41) is 6.70. The molecule has 0 saturated carbocycles. The van der Waals surface area contributed by atoms with Crippen molar-refractivity contribution in [3.63, 3.8) is 0 Å². The summed E-state index contributed by atoms with van der Waals surface area (Å²) < 4.78 is 11.2. The maximum Gasteiger partial charge on any atom is 0.191 e. The molecule has 1 aromatic carbocycles. The molecular weight excluding hydrogens is 328 g/mol. The van der Waals surface area contributed by atoms with Gasteiger partial charge in [0.1, 0.15) is 5.75 Å². The maximum absolute atomic E-state index is 5.76. The van der Waals surface area contributed by atoms with Gasteiger partial charge in [0, 0.05) is 32.2 Å². The van der Waals surface area contributed by atoms with Crippen LogP contribution in [0.1, 0.15) is 25.8 Å². The van der Waals surface area contributed by atoms with Gasteiger partial charge in [-0.2, -0.15) is 0 Å². The summed E-state index contributed by atoms with van der Waals surface area (Å²) in [5.41, 5.74) is 1.25. The van der Waals surface area contributed by atoms with Crippen LogP contribution in [0.2, 0.25) is 0 Å². The fourth-order valence-corrected chi connectivity index (χ4v) is 2.80. The molecule has 6 nitrogen and oxygen atoms in total. The lowest BCUT2D eigenvalue weighted by atomic mass is 10.2. The van der Waals surface area contributed by atoms with Gasteiger partial charge in [-0.15, -0.1) is 0 Å². The lowest BCUT2D eigenvalue weighted by molar-refractivity contribution is 0.0220. The Morgan fingerprint density at radius 1 is 1.23 bits per heavy atom. The molecule has 1 heterocycles. The number of nitrogens with one attached hydrogen (secondary N) is 2. The first kappa shape index (κ1) is 20.5. The zero-order valence-electron chi connectivity index (χ0n) is 16.5. The number of rotatable bonds is 9. The van der Waals surface area contributed by atoms with E-state index in [1.807, 2.05) is 12.1 Å². The van der Waals surface area contributed by atoms with Crippen LogP contribution in [0, 0.1) is 6.92 Å². The second-order valence-electron chi connectivity index (χ2n) is 6.66. The molecule has 0 spiro atoms. The van der Waals surface area contributed by atoms with Crippen molar-refractivity contribution in [2.75, 3.05) is 52.5 Å². The molecule has 6 heteroatoms. The summed E-state index contributed by atoms with van der Waals surface area (Å²) >= 11 is 0. The van der Waals surface area contributed by atoms with E-state index in [0.717, 1.165) is 64.1 Å². The minimum absolute atomic E-state index is 0.430. The van der Waals surface area contributed by atoms with Crippen molar-refractivity contribution in [3.05, 3.63) is 29.8 Å². The number of hydrogen-bond acceptors (Lipinski definition) is 4. The highest BCUT2D eigenvalue weighted by Crippen LogP contribution is 2.11. The van der Waals surface area contributed by atoms with Gasteiger partial charge in [-0.25, -0.2) is 0 Å². The molecule has 0 amide bonds. The number of ether oxygens (including phenoxy) is 2. The van der Waals surface area contributed by atoms with Crippen LogP contribution in [0.25, 0.3) is 0 Å². The third kappa shape index (κ3) is 7.62. The van der Waals surface area contributed by atoms with Crippen LogP contribution in [0.4, 0.5) is 0 Å². The lowest BCUT2D eigenvalue weighted by Gasteiger charge is -2.31. The van der Waals surface area contributed by atoms with Crippen molar-refractivity contribution in [2.45, 2.75) is 33.2 Å². The fourth-order valence-electron chi connectivity index (χ4n) is 2.80. The van der Waals surface area contributed by atoms with Crippen molar-refractivity contribution in [3.8, 4) is 5.75 Å². The van der Waals surface area contributed by atoms with Crippen LogP contribution in [-0.4, -0.2) is 69.4 Å². The van der Waals surface area contributed by atoms with E-state index in [4.69, 9.17) is 14.5 Å². The summed E-state index contributed by atoms with van der Waals surface area (Å²) in [6.45, 7) is 13.2. The smallest absolute Gasteiger partial charge is 0.191 e. The molecule has 0 aromatic heterocycles. The van der Waals surface area contributed by atoms with Crippen LogP contribution in [0.3, 0.4) is 0 Å². The highest BCUT2D eigenvalue weighted by atomic mass is 16.5. The average molecular weight is 363 g/mol. The Hall–Kier alpha value is -1.79. The lowest BCUT2D eigenvalue weighted by Crippen LogP contribution is -2.44. The number of nitrogens with zero attached hydrogens (tertiary/aromatic N) is 2. The van der Waals surface area contributed by atoms with Crippen LogP contribution < -0.4 is 15.4 Å². The van der Waals surface area contributed by atoms with Gasteiger partial charge in [0.25, 0.3) is 0 Å². The van der Waals surface area contributed by atoms with Crippen molar-refractivity contribution < 1.29 is 9.47 Å². The first-order valence-electron chi connectivity index (χ1n) is 9.72. The Balaban J connectivity index is 1.66. The van der Waals surface area contributed by atoms with Gasteiger partial charge in [0.15, 0.2) is 5.96 Å². The summed E-state index contributed by atoms with van der Waals surface area (Å²) in [6, 6.07) is 8.60. The minimum atomic E-state index is 0.430. The van der Waals surface area contributed by atoms with E-state index in [9.17, 15) is 0 Å². The third-order valence-corrected chi connectivity index (χ3v) is 4.43. The molecule has 146 valence electrons.